The lowest BCUT2D eigenvalue weighted by molar-refractivity contribution is -0.135. The van der Waals surface area contributed by atoms with E-state index < -0.39 is 17.1 Å². The molecule has 1 aromatic carbocycles. The lowest BCUT2D eigenvalue weighted by Gasteiger charge is -2.21. The number of carbonyl (C=O) groups is 3. The molecule has 1 fully saturated rings. The van der Waals surface area contributed by atoms with Gasteiger partial charge >= 0.3 is 0 Å². The Balaban J connectivity index is 1.49. The third kappa shape index (κ3) is 4.17. The molecule has 0 bridgehead atoms. The van der Waals surface area contributed by atoms with Crippen LogP contribution in [0, 0.1) is 0 Å². The second-order valence-electron chi connectivity index (χ2n) is 7.27. The monoisotopic (exact) mass is 436 g/mol. The molecule has 158 valence electrons. The minimum atomic E-state index is -0.487. The predicted octanol–water partition coefficient (Wildman–Crippen LogP) is 2.56. The molecule has 1 aliphatic rings. The number of rotatable bonds is 5. The average molecular weight is 436 g/mol. The molecule has 0 atom stereocenters. The number of likely N-dealkylation sites (N-methyl/N-ethyl adjacent to an activating group) is 1. The molecule has 8 nitrogen and oxygen atoms in total. The zero-order valence-electron chi connectivity index (χ0n) is 17.0. The number of nitrogens with one attached hydrogen (secondary N) is 1. The van der Waals surface area contributed by atoms with Gasteiger partial charge in [0.1, 0.15) is 6.54 Å². The Morgan fingerprint density at radius 1 is 1.16 bits per heavy atom. The van der Waals surface area contributed by atoms with Crippen molar-refractivity contribution >= 4 is 45.8 Å². The number of benzene rings is 1. The number of hydrogen-bond donors (Lipinski definition) is 1. The first-order chi connectivity index (χ1) is 14.8. The molecule has 31 heavy (non-hydrogen) atoms. The van der Waals surface area contributed by atoms with Gasteiger partial charge in [0, 0.05) is 49.5 Å². The largest absolute Gasteiger partial charge is 0.351 e. The maximum Gasteiger partial charge on any atom is 0.294 e. The van der Waals surface area contributed by atoms with Gasteiger partial charge in [-0.05, 0) is 41.6 Å². The number of aromatic nitrogens is 2. The lowest BCUT2D eigenvalue weighted by atomic mass is 10.1. The summed E-state index contributed by atoms with van der Waals surface area (Å²) in [7, 11) is 3.42. The van der Waals surface area contributed by atoms with Crippen LogP contribution in [-0.2, 0) is 23.2 Å². The summed E-state index contributed by atoms with van der Waals surface area (Å²) in [6, 6.07) is 12.5. The molecule has 3 aromatic rings. The van der Waals surface area contributed by atoms with Gasteiger partial charge in [-0.3, -0.25) is 24.1 Å². The summed E-state index contributed by atoms with van der Waals surface area (Å²) >= 11 is 0.819. The van der Waals surface area contributed by atoms with Crippen molar-refractivity contribution < 1.29 is 14.4 Å². The molecule has 0 aliphatic carbocycles. The second kappa shape index (κ2) is 8.27. The van der Waals surface area contributed by atoms with Gasteiger partial charge in [-0.25, -0.2) is 0 Å². The van der Waals surface area contributed by atoms with Gasteiger partial charge in [0.2, 0.25) is 11.5 Å². The van der Waals surface area contributed by atoms with Crippen molar-refractivity contribution in [2.45, 2.75) is 6.54 Å². The molecule has 9 heteroatoms. The molecule has 0 radical (unpaired) electrons. The van der Waals surface area contributed by atoms with Crippen molar-refractivity contribution in [3.8, 4) is 0 Å². The summed E-state index contributed by atoms with van der Waals surface area (Å²) in [5, 5.41) is 0.354. The topological polar surface area (TPSA) is 95.5 Å². The third-order valence-corrected chi connectivity index (χ3v) is 6.01. The number of aryl methyl sites for hydroxylation is 1. The SMILES string of the molecule is CN(Cc1cc(=O)[nH]c2ccccc12)C(=O)CN1C(=O)SC(=Cc2cccn2C)C1=O. The Bertz CT molecular complexity index is 1290. The van der Waals surface area contributed by atoms with Crippen LogP contribution < -0.4 is 5.56 Å². The number of aromatic amines is 1. The van der Waals surface area contributed by atoms with Gasteiger partial charge in [0.05, 0.1) is 4.91 Å². The first kappa shape index (κ1) is 20.7. The van der Waals surface area contributed by atoms with Crippen LogP contribution in [0.1, 0.15) is 11.3 Å². The molecule has 4 rings (SSSR count). The van der Waals surface area contributed by atoms with Crippen LogP contribution in [0.5, 0.6) is 0 Å². The number of amides is 3. The van der Waals surface area contributed by atoms with Crippen LogP contribution in [0.4, 0.5) is 4.79 Å². The number of thioether (sulfide) groups is 1. The molecule has 0 unspecified atom stereocenters. The quantitative estimate of drug-likeness (QED) is 0.620. The van der Waals surface area contributed by atoms with E-state index in [9.17, 15) is 19.2 Å². The Morgan fingerprint density at radius 2 is 1.94 bits per heavy atom. The highest BCUT2D eigenvalue weighted by Gasteiger charge is 2.37. The summed E-state index contributed by atoms with van der Waals surface area (Å²) < 4.78 is 1.83. The number of hydrogen-bond acceptors (Lipinski definition) is 5. The van der Waals surface area contributed by atoms with Crippen LogP contribution in [0.15, 0.2) is 58.4 Å². The van der Waals surface area contributed by atoms with E-state index in [4.69, 9.17) is 0 Å². The zero-order valence-corrected chi connectivity index (χ0v) is 17.8. The molecular formula is C22H20N4O4S. The fourth-order valence-electron chi connectivity index (χ4n) is 3.40. The number of fused-ring (bicyclic) bond motifs is 1. The number of nitrogens with zero attached hydrogens (tertiary/aromatic N) is 3. The lowest BCUT2D eigenvalue weighted by Crippen LogP contribution is -2.40. The summed E-state index contributed by atoms with van der Waals surface area (Å²) in [6.07, 6.45) is 3.48. The number of pyridine rings is 1. The van der Waals surface area contributed by atoms with E-state index in [1.165, 1.54) is 11.0 Å². The Hall–Kier alpha value is -3.59. The van der Waals surface area contributed by atoms with Crippen LogP contribution in [0.3, 0.4) is 0 Å². The van der Waals surface area contributed by atoms with E-state index in [2.05, 4.69) is 4.98 Å². The van der Waals surface area contributed by atoms with E-state index in [1.807, 2.05) is 48.1 Å². The zero-order chi connectivity index (χ0) is 22.1. The van der Waals surface area contributed by atoms with Gasteiger partial charge in [-0.2, -0.15) is 0 Å². The minimum Gasteiger partial charge on any atom is -0.351 e. The van der Waals surface area contributed by atoms with E-state index in [-0.39, 0.29) is 23.6 Å². The normalized spacial score (nSPS) is 15.3. The maximum atomic E-state index is 12.8. The van der Waals surface area contributed by atoms with Gasteiger partial charge in [-0.15, -0.1) is 0 Å². The van der Waals surface area contributed by atoms with Gasteiger partial charge < -0.3 is 14.5 Å². The standard InChI is InChI=1S/C22H20N4O4S/c1-24-9-5-6-15(24)11-18-21(29)26(22(30)31-18)13-20(28)25(2)12-14-10-19(27)23-17-8-4-3-7-16(14)17/h3-11H,12-13H2,1-2H3,(H,23,27). The van der Waals surface area contributed by atoms with Crippen molar-refractivity contribution in [1.82, 2.24) is 19.4 Å². The van der Waals surface area contributed by atoms with Crippen molar-refractivity contribution in [1.29, 1.82) is 0 Å². The molecule has 3 heterocycles. The number of H-pyrrole nitrogens is 1. The maximum absolute atomic E-state index is 12.8. The molecule has 1 N–H and O–H groups in total. The smallest absolute Gasteiger partial charge is 0.294 e. The van der Waals surface area contributed by atoms with Crippen molar-refractivity contribution in [2.75, 3.05) is 13.6 Å². The van der Waals surface area contributed by atoms with Gasteiger partial charge in [0.15, 0.2) is 0 Å². The molecule has 2 aromatic heterocycles. The van der Waals surface area contributed by atoms with Crippen molar-refractivity contribution in [3.05, 3.63) is 75.2 Å². The Morgan fingerprint density at radius 3 is 2.68 bits per heavy atom. The fraction of sp³-hybridized carbons (Fsp3) is 0.182. The van der Waals surface area contributed by atoms with Crippen LogP contribution >= 0.6 is 11.8 Å². The van der Waals surface area contributed by atoms with Crippen LogP contribution in [0.25, 0.3) is 17.0 Å². The van der Waals surface area contributed by atoms with Gasteiger partial charge in [0.25, 0.3) is 11.1 Å². The molecule has 1 aliphatic heterocycles. The fourth-order valence-corrected chi connectivity index (χ4v) is 4.23. The van der Waals surface area contributed by atoms with Crippen LogP contribution in [-0.4, -0.2) is 50.0 Å². The number of para-hydroxylation sites is 1. The van der Waals surface area contributed by atoms with Crippen molar-refractivity contribution in [3.63, 3.8) is 0 Å². The second-order valence-corrected chi connectivity index (χ2v) is 8.26. The van der Waals surface area contributed by atoms with E-state index in [0.717, 1.165) is 27.7 Å². The Labute approximate surface area is 182 Å². The highest BCUT2D eigenvalue weighted by atomic mass is 32.2. The molecular weight excluding hydrogens is 416 g/mol. The number of imide groups is 1. The van der Waals surface area contributed by atoms with Crippen molar-refractivity contribution in [2.24, 2.45) is 7.05 Å². The third-order valence-electron chi connectivity index (χ3n) is 5.10. The number of carbonyl (C=O) groups excluding carboxylic acids is 3. The van der Waals surface area contributed by atoms with E-state index in [1.54, 1.807) is 19.2 Å². The molecule has 0 saturated carbocycles. The first-order valence-electron chi connectivity index (χ1n) is 9.55. The Kier molecular flexibility index (Phi) is 5.51. The summed E-state index contributed by atoms with van der Waals surface area (Å²) in [5.74, 6) is -0.883. The van der Waals surface area contributed by atoms with E-state index >= 15 is 0 Å². The highest BCUT2D eigenvalue weighted by Crippen LogP contribution is 2.32. The first-order valence-corrected chi connectivity index (χ1v) is 10.4. The summed E-state index contributed by atoms with van der Waals surface area (Å²) in [4.78, 5) is 55.1. The molecule has 3 amide bonds. The van der Waals surface area contributed by atoms with Crippen LogP contribution in [0.2, 0.25) is 0 Å². The summed E-state index contributed by atoms with van der Waals surface area (Å²) in [6.45, 7) is -0.175. The predicted molar refractivity (Wildman–Crippen MR) is 119 cm³/mol. The average Bonchev–Trinajstić information content (AvgIpc) is 3.25. The minimum absolute atomic E-state index is 0.179. The van der Waals surface area contributed by atoms with Gasteiger partial charge in [-0.1, -0.05) is 18.2 Å². The summed E-state index contributed by atoms with van der Waals surface area (Å²) in [5.41, 5.74) is 1.90. The highest BCUT2D eigenvalue weighted by molar-refractivity contribution is 8.18. The molecule has 0 spiro atoms. The van der Waals surface area contributed by atoms with E-state index in [0.29, 0.717) is 11.1 Å². The molecule has 1 saturated heterocycles.